The molecule has 0 amide bonds. The first kappa shape index (κ1) is 15.0. The Bertz CT molecular complexity index is 672. The molecule has 7 heteroatoms. The van der Waals surface area contributed by atoms with Crippen molar-refractivity contribution in [2.75, 3.05) is 20.1 Å². The molecule has 110 valence electrons. The van der Waals surface area contributed by atoms with Crippen LogP contribution in [0.15, 0.2) is 39.6 Å². The molecule has 1 aromatic carbocycles. The van der Waals surface area contributed by atoms with E-state index in [0.717, 1.165) is 5.56 Å². The standard InChI is InChI=1S/C14H16N4O3/c1-17(8-7-15)9-12(19)10-18-13(16-21-14(18)20)11-5-3-2-4-6-11/h2-6,12,19H,8-10H2,1H3. The van der Waals surface area contributed by atoms with Gasteiger partial charge in [-0.2, -0.15) is 5.26 Å². The van der Waals surface area contributed by atoms with Gasteiger partial charge in [0.25, 0.3) is 0 Å². The Morgan fingerprint density at radius 3 is 2.86 bits per heavy atom. The molecule has 0 saturated heterocycles. The van der Waals surface area contributed by atoms with Gasteiger partial charge >= 0.3 is 5.76 Å². The Hall–Kier alpha value is -2.43. The number of likely N-dealkylation sites (N-methyl/N-ethyl adjacent to an activating group) is 1. The van der Waals surface area contributed by atoms with Crippen LogP contribution in [0.1, 0.15) is 0 Å². The van der Waals surface area contributed by atoms with E-state index in [9.17, 15) is 9.90 Å². The second-order valence-corrected chi connectivity index (χ2v) is 4.76. The van der Waals surface area contributed by atoms with E-state index >= 15 is 0 Å². The summed E-state index contributed by atoms with van der Waals surface area (Å²) in [5.74, 6) is -0.238. The lowest BCUT2D eigenvalue weighted by molar-refractivity contribution is 0.113. The number of hydrogen-bond acceptors (Lipinski definition) is 6. The van der Waals surface area contributed by atoms with Crippen LogP contribution in [0.3, 0.4) is 0 Å². The first-order valence-corrected chi connectivity index (χ1v) is 6.47. The van der Waals surface area contributed by atoms with Crippen LogP contribution in [-0.4, -0.2) is 46.0 Å². The Morgan fingerprint density at radius 1 is 1.48 bits per heavy atom. The Kier molecular flexibility index (Phi) is 4.87. The molecular weight excluding hydrogens is 272 g/mol. The van der Waals surface area contributed by atoms with E-state index in [2.05, 4.69) is 9.68 Å². The Morgan fingerprint density at radius 2 is 2.19 bits per heavy atom. The highest BCUT2D eigenvalue weighted by molar-refractivity contribution is 5.54. The van der Waals surface area contributed by atoms with E-state index < -0.39 is 11.9 Å². The van der Waals surface area contributed by atoms with Crippen molar-refractivity contribution in [1.29, 1.82) is 5.26 Å². The van der Waals surface area contributed by atoms with Crippen molar-refractivity contribution in [3.8, 4) is 17.5 Å². The lowest BCUT2D eigenvalue weighted by Crippen LogP contribution is -2.34. The number of aliphatic hydroxyl groups excluding tert-OH is 1. The molecule has 1 aromatic heterocycles. The molecule has 1 heterocycles. The van der Waals surface area contributed by atoms with E-state index in [1.807, 2.05) is 36.4 Å². The predicted octanol–water partition coefficient (Wildman–Crippen LogP) is 0.320. The fraction of sp³-hybridized carbons (Fsp3) is 0.357. The third-order valence-corrected chi connectivity index (χ3v) is 2.97. The minimum atomic E-state index is -0.803. The van der Waals surface area contributed by atoms with Crippen LogP contribution in [0.4, 0.5) is 0 Å². The lowest BCUT2D eigenvalue weighted by atomic mass is 10.2. The SMILES string of the molecule is CN(CC#N)CC(O)Cn1c(-c2ccccc2)noc1=O. The van der Waals surface area contributed by atoms with Crippen molar-refractivity contribution in [3.05, 3.63) is 40.9 Å². The molecule has 0 fully saturated rings. The number of hydrogen-bond donors (Lipinski definition) is 1. The molecule has 0 aliphatic carbocycles. The smallest absolute Gasteiger partial charge is 0.390 e. The second kappa shape index (κ2) is 6.83. The molecule has 0 saturated carbocycles. The zero-order valence-corrected chi connectivity index (χ0v) is 11.6. The highest BCUT2D eigenvalue weighted by Gasteiger charge is 2.17. The molecule has 0 radical (unpaired) electrons. The van der Waals surface area contributed by atoms with E-state index in [-0.39, 0.29) is 19.6 Å². The summed E-state index contributed by atoms with van der Waals surface area (Å²) in [4.78, 5) is 13.4. The van der Waals surface area contributed by atoms with Crippen molar-refractivity contribution >= 4 is 0 Å². The molecule has 2 rings (SSSR count). The van der Waals surface area contributed by atoms with E-state index in [1.54, 1.807) is 11.9 Å². The van der Waals surface area contributed by atoms with Crippen molar-refractivity contribution in [1.82, 2.24) is 14.6 Å². The number of nitriles is 1. The molecular formula is C14H16N4O3. The molecule has 1 unspecified atom stereocenters. The minimum Gasteiger partial charge on any atom is -0.390 e. The summed E-state index contributed by atoms with van der Waals surface area (Å²) in [6, 6.07) is 11.1. The van der Waals surface area contributed by atoms with Crippen LogP contribution in [0.2, 0.25) is 0 Å². The highest BCUT2D eigenvalue weighted by Crippen LogP contribution is 2.15. The average molecular weight is 288 g/mol. The molecule has 21 heavy (non-hydrogen) atoms. The van der Waals surface area contributed by atoms with Gasteiger partial charge in [-0.15, -0.1) is 0 Å². The van der Waals surface area contributed by atoms with Gasteiger partial charge in [0, 0.05) is 12.1 Å². The Balaban J connectivity index is 2.16. The minimum absolute atomic E-state index is 0.0579. The first-order valence-electron chi connectivity index (χ1n) is 6.47. The average Bonchev–Trinajstić information content (AvgIpc) is 2.81. The quantitative estimate of drug-likeness (QED) is 0.769. The van der Waals surface area contributed by atoms with Crippen LogP contribution in [-0.2, 0) is 6.54 Å². The summed E-state index contributed by atoms with van der Waals surface area (Å²) in [6.45, 7) is 0.545. The monoisotopic (exact) mass is 288 g/mol. The van der Waals surface area contributed by atoms with Crippen LogP contribution in [0, 0.1) is 11.3 Å². The topological polar surface area (TPSA) is 95.3 Å². The molecule has 2 aromatic rings. The van der Waals surface area contributed by atoms with Gasteiger partial charge in [0.2, 0.25) is 0 Å². The molecule has 0 bridgehead atoms. The van der Waals surface area contributed by atoms with Crippen molar-refractivity contribution in [3.63, 3.8) is 0 Å². The summed E-state index contributed by atoms with van der Waals surface area (Å²) < 4.78 is 5.98. The fourth-order valence-electron chi connectivity index (χ4n) is 2.04. The summed E-state index contributed by atoms with van der Waals surface area (Å²) in [6.07, 6.45) is -0.803. The number of benzene rings is 1. The second-order valence-electron chi connectivity index (χ2n) is 4.76. The number of nitrogens with zero attached hydrogens (tertiary/aromatic N) is 4. The van der Waals surface area contributed by atoms with Gasteiger partial charge in [-0.3, -0.25) is 14.0 Å². The molecule has 1 atom stereocenters. The van der Waals surface area contributed by atoms with E-state index in [1.165, 1.54) is 4.57 Å². The lowest BCUT2D eigenvalue weighted by Gasteiger charge is -2.17. The molecule has 1 N–H and O–H groups in total. The van der Waals surface area contributed by atoms with Gasteiger partial charge < -0.3 is 5.11 Å². The van der Waals surface area contributed by atoms with Crippen molar-refractivity contribution in [2.45, 2.75) is 12.6 Å². The highest BCUT2D eigenvalue weighted by atomic mass is 16.5. The van der Waals surface area contributed by atoms with E-state index in [4.69, 9.17) is 5.26 Å². The number of aromatic nitrogens is 2. The maximum absolute atomic E-state index is 11.7. The normalized spacial score (nSPS) is 12.3. The van der Waals surface area contributed by atoms with Gasteiger partial charge in [0.05, 0.1) is 25.3 Å². The molecule has 0 spiro atoms. The zero-order chi connectivity index (χ0) is 15.2. The molecule has 0 aliphatic rings. The summed E-state index contributed by atoms with van der Waals surface area (Å²) in [5.41, 5.74) is 0.737. The van der Waals surface area contributed by atoms with Crippen LogP contribution in [0.25, 0.3) is 11.4 Å². The van der Waals surface area contributed by atoms with Crippen molar-refractivity contribution in [2.24, 2.45) is 0 Å². The molecule has 7 nitrogen and oxygen atoms in total. The third-order valence-electron chi connectivity index (χ3n) is 2.97. The van der Waals surface area contributed by atoms with Crippen LogP contribution >= 0.6 is 0 Å². The van der Waals surface area contributed by atoms with Gasteiger partial charge in [0.15, 0.2) is 5.82 Å². The maximum Gasteiger partial charge on any atom is 0.441 e. The van der Waals surface area contributed by atoms with Crippen LogP contribution in [0.5, 0.6) is 0 Å². The number of aliphatic hydroxyl groups is 1. The zero-order valence-electron chi connectivity index (χ0n) is 11.6. The Labute approximate surface area is 121 Å². The van der Waals surface area contributed by atoms with E-state index in [0.29, 0.717) is 5.82 Å². The first-order chi connectivity index (χ1) is 10.1. The van der Waals surface area contributed by atoms with Gasteiger partial charge in [-0.05, 0) is 7.05 Å². The predicted molar refractivity (Wildman–Crippen MR) is 75.3 cm³/mol. The van der Waals surface area contributed by atoms with Gasteiger partial charge in [-0.1, -0.05) is 35.5 Å². The fourth-order valence-corrected chi connectivity index (χ4v) is 2.04. The van der Waals surface area contributed by atoms with Crippen LogP contribution < -0.4 is 5.76 Å². The summed E-state index contributed by atoms with van der Waals surface area (Å²) in [7, 11) is 1.72. The maximum atomic E-state index is 11.7. The number of rotatable bonds is 6. The van der Waals surface area contributed by atoms with Gasteiger partial charge in [0.1, 0.15) is 0 Å². The summed E-state index contributed by atoms with van der Waals surface area (Å²) in [5, 5.41) is 22.4. The summed E-state index contributed by atoms with van der Waals surface area (Å²) >= 11 is 0. The largest absolute Gasteiger partial charge is 0.441 e. The third kappa shape index (κ3) is 3.78. The molecule has 0 aliphatic heterocycles. The van der Waals surface area contributed by atoms with Gasteiger partial charge in [-0.25, -0.2) is 4.79 Å². The van der Waals surface area contributed by atoms with Crippen molar-refractivity contribution < 1.29 is 9.63 Å².